The van der Waals surface area contributed by atoms with Crippen molar-refractivity contribution in [3.63, 3.8) is 0 Å². The molecule has 0 aromatic carbocycles. The summed E-state index contributed by atoms with van der Waals surface area (Å²) in [7, 11) is 9.22. The van der Waals surface area contributed by atoms with Crippen LogP contribution in [0.2, 0.25) is 0 Å². The number of ether oxygens (including phenoxy) is 1. The summed E-state index contributed by atoms with van der Waals surface area (Å²) in [6, 6.07) is 0. The molecule has 0 bridgehead atoms. The molecule has 1 N–H and O–H groups in total. The topological polar surface area (TPSA) is 35.9 Å². The predicted octanol–water partition coefficient (Wildman–Crippen LogP) is 2.19. The van der Waals surface area contributed by atoms with Crippen LogP contribution in [0.3, 0.4) is 0 Å². The lowest BCUT2D eigenvalue weighted by Crippen LogP contribution is -2.13. The minimum atomic E-state index is 0. The van der Waals surface area contributed by atoms with E-state index in [1.807, 2.05) is 19.0 Å². The molecule has 4 nitrogen and oxygen atoms in total. The zero-order valence-electron chi connectivity index (χ0n) is 8.16. The van der Waals surface area contributed by atoms with E-state index in [9.17, 15) is 0 Å². The second kappa shape index (κ2) is 29.2. The Morgan fingerprint density at radius 3 is 1.13 bits per heavy atom. The van der Waals surface area contributed by atoms with E-state index in [2.05, 4.69) is 0 Å². The van der Waals surface area contributed by atoms with Gasteiger partial charge in [0.15, 0.2) is 0 Å². The SMILES string of the molecule is C.C.C.C.CN(C)CO.COCN(C)C. The second-order valence-electron chi connectivity index (χ2n) is 2.72. The molecule has 0 atom stereocenters. The molecule has 0 saturated heterocycles. The van der Waals surface area contributed by atoms with Gasteiger partial charge in [-0.15, -0.1) is 0 Å². The molecule has 0 heterocycles. The van der Waals surface area contributed by atoms with E-state index < -0.39 is 0 Å². The van der Waals surface area contributed by atoms with Gasteiger partial charge >= 0.3 is 0 Å². The van der Waals surface area contributed by atoms with E-state index in [4.69, 9.17) is 9.84 Å². The average molecular weight is 228 g/mol. The predicted molar refractivity (Wildman–Crippen MR) is 73.3 cm³/mol. The standard InChI is InChI=1S/C4H11NO.C3H9NO.4CH4/c1-5(2)4-6-3;1-4(2)3-5;;;;/h4H2,1-3H3;5H,3H2,1-2H3;4*1H4. The smallest absolute Gasteiger partial charge is 0.0981 e. The number of aliphatic hydroxyl groups is 1. The van der Waals surface area contributed by atoms with Crippen molar-refractivity contribution in [1.82, 2.24) is 9.80 Å². The van der Waals surface area contributed by atoms with Crippen LogP contribution in [-0.2, 0) is 4.74 Å². The van der Waals surface area contributed by atoms with Crippen LogP contribution in [0.5, 0.6) is 0 Å². The second-order valence-corrected chi connectivity index (χ2v) is 2.72. The number of hydrogen-bond acceptors (Lipinski definition) is 4. The van der Waals surface area contributed by atoms with E-state index in [1.54, 1.807) is 26.1 Å². The van der Waals surface area contributed by atoms with Crippen LogP contribution in [0.15, 0.2) is 0 Å². The van der Waals surface area contributed by atoms with Gasteiger partial charge < -0.3 is 9.84 Å². The summed E-state index contributed by atoms with van der Waals surface area (Å²) in [6.45, 7) is 0.847. The molecule has 0 amide bonds. The van der Waals surface area contributed by atoms with Gasteiger partial charge in [-0.2, -0.15) is 0 Å². The molecule has 0 aromatic heterocycles. The Balaban J connectivity index is -0.0000000215. The largest absolute Gasteiger partial charge is 0.381 e. The maximum absolute atomic E-state index is 8.07. The summed E-state index contributed by atoms with van der Waals surface area (Å²) in [5, 5.41) is 8.07. The molecule has 15 heavy (non-hydrogen) atoms. The highest BCUT2D eigenvalue weighted by Gasteiger charge is 1.78. The number of hydrogen-bond donors (Lipinski definition) is 1. The van der Waals surface area contributed by atoms with Crippen LogP contribution < -0.4 is 0 Å². The quantitative estimate of drug-likeness (QED) is 0.751. The molecule has 0 saturated carbocycles. The van der Waals surface area contributed by atoms with Crippen molar-refractivity contribution in [2.75, 3.05) is 48.8 Å². The third kappa shape index (κ3) is 82.8. The maximum Gasteiger partial charge on any atom is 0.0981 e. The molecule has 0 fully saturated rings. The van der Waals surface area contributed by atoms with E-state index >= 15 is 0 Å². The Labute approximate surface area is 98.8 Å². The molecule has 0 spiro atoms. The van der Waals surface area contributed by atoms with Crippen LogP contribution in [0.1, 0.15) is 29.7 Å². The Morgan fingerprint density at radius 2 is 1.13 bits per heavy atom. The van der Waals surface area contributed by atoms with Crippen molar-refractivity contribution in [2.24, 2.45) is 0 Å². The first-order valence-corrected chi connectivity index (χ1v) is 3.43. The maximum atomic E-state index is 8.07. The third-order valence-electron chi connectivity index (χ3n) is 0.670. The van der Waals surface area contributed by atoms with Crippen LogP contribution in [0.4, 0.5) is 0 Å². The molecule has 0 aliphatic heterocycles. The van der Waals surface area contributed by atoms with Gasteiger partial charge in [-0.05, 0) is 28.2 Å². The van der Waals surface area contributed by atoms with Crippen LogP contribution in [0, 0.1) is 0 Å². The molecule has 0 rings (SSSR count). The highest BCUT2D eigenvalue weighted by Crippen LogP contribution is 1.68. The van der Waals surface area contributed by atoms with Crippen LogP contribution in [-0.4, -0.2) is 63.7 Å². The van der Waals surface area contributed by atoms with Crippen molar-refractivity contribution in [1.29, 1.82) is 0 Å². The first-order chi connectivity index (χ1) is 5.04. The summed E-state index contributed by atoms with van der Waals surface area (Å²) in [4.78, 5) is 3.64. The van der Waals surface area contributed by atoms with Crippen molar-refractivity contribution >= 4 is 0 Å². The summed E-state index contributed by atoms with van der Waals surface area (Å²) >= 11 is 0. The van der Waals surface area contributed by atoms with Crippen molar-refractivity contribution in [2.45, 2.75) is 29.7 Å². The highest BCUT2D eigenvalue weighted by molar-refractivity contribution is 4.20. The van der Waals surface area contributed by atoms with Gasteiger partial charge in [0.1, 0.15) is 0 Å². The first kappa shape index (κ1) is 36.4. The third-order valence-corrected chi connectivity index (χ3v) is 0.670. The monoisotopic (exact) mass is 228 g/mol. The fourth-order valence-corrected chi connectivity index (χ4v) is 0.258. The van der Waals surface area contributed by atoms with Gasteiger partial charge in [0.25, 0.3) is 0 Å². The normalized spacial score (nSPS) is 7.20. The number of aliphatic hydroxyl groups excluding tert-OH is 1. The lowest BCUT2D eigenvalue weighted by atomic mass is 10.9. The molecular weight excluding hydrogens is 192 g/mol. The van der Waals surface area contributed by atoms with E-state index in [1.165, 1.54) is 0 Å². The fraction of sp³-hybridized carbons (Fsp3) is 1.00. The number of nitrogens with zero attached hydrogens (tertiary/aromatic N) is 2. The molecule has 0 aliphatic rings. The number of rotatable bonds is 3. The van der Waals surface area contributed by atoms with Crippen LogP contribution in [0.25, 0.3) is 0 Å². The summed E-state index contributed by atoms with van der Waals surface area (Å²) < 4.78 is 4.73. The lowest BCUT2D eigenvalue weighted by Gasteiger charge is -2.04. The minimum Gasteiger partial charge on any atom is -0.381 e. The minimum absolute atomic E-state index is 0. The van der Waals surface area contributed by atoms with Crippen molar-refractivity contribution in [3.8, 4) is 0 Å². The Morgan fingerprint density at radius 1 is 0.867 bits per heavy atom. The van der Waals surface area contributed by atoms with Crippen molar-refractivity contribution in [3.05, 3.63) is 0 Å². The summed E-state index contributed by atoms with van der Waals surface area (Å²) in [5.41, 5.74) is 0. The average Bonchev–Trinajstić information content (AvgIpc) is 1.89. The van der Waals surface area contributed by atoms with Gasteiger partial charge in [0, 0.05) is 7.11 Å². The molecule has 102 valence electrons. The fourth-order valence-electron chi connectivity index (χ4n) is 0.258. The first-order valence-electron chi connectivity index (χ1n) is 3.43. The highest BCUT2D eigenvalue weighted by atomic mass is 16.5. The number of methoxy groups -OCH3 is 1. The van der Waals surface area contributed by atoms with Crippen LogP contribution >= 0.6 is 0 Å². The van der Waals surface area contributed by atoms with Gasteiger partial charge in [0.05, 0.1) is 13.5 Å². The molecule has 0 unspecified atom stereocenters. The van der Waals surface area contributed by atoms with Gasteiger partial charge in [-0.1, -0.05) is 29.7 Å². The van der Waals surface area contributed by atoms with Gasteiger partial charge in [0.2, 0.25) is 0 Å². The summed E-state index contributed by atoms with van der Waals surface area (Å²) in [6.07, 6.45) is 0. The van der Waals surface area contributed by atoms with E-state index in [-0.39, 0.29) is 36.4 Å². The Hall–Kier alpha value is -0.160. The van der Waals surface area contributed by atoms with E-state index in [0.717, 1.165) is 0 Å². The zero-order chi connectivity index (χ0) is 9.28. The zero-order valence-corrected chi connectivity index (χ0v) is 8.16. The summed E-state index contributed by atoms with van der Waals surface area (Å²) in [5.74, 6) is 0. The molecule has 4 heteroatoms. The molecule has 0 aliphatic carbocycles. The van der Waals surface area contributed by atoms with Crippen molar-refractivity contribution < 1.29 is 9.84 Å². The Kier molecular flexibility index (Phi) is 70.8. The molecular formula is C11H36N2O2. The van der Waals surface area contributed by atoms with Gasteiger partial charge in [-0.25, -0.2) is 0 Å². The lowest BCUT2D eigenvalue weighted by molar-refractivity contribution is 0.0994. The Bertz CT molecular complexity index is 69.6. The van der Waals surface area contributed by atoms with E-state index in [0.29, 0.717) is 6.73 Å². The van der Waals surface area contributed by atoms with Gasteiger partial charge in [-0.3, -0.25) is 9.80 Å². The molecule has 0 radical (unpaired) electrons. The molecule has 0 aromatic rings.